The molecular formula is C28H24K3N10O8S4. The number of benzene rings is 4. The molecule has 18 nitrogen and oxygen atoms in total. The van der Waals surface area contributed by atoms with Crippen molar-refractivity contribution in [1.29, 1.82) is 0 Å². The second kappa shape index (κ2) is 21.6. The number of nitrogens with one attached hydrogen (secondary N) is 4. The van der Waals surface area contributed by atoms with Crippen LogP contribution in [0.4, 0.5) is 11.4 Å². The van der Waals surface area contributed by atoms with Crippen molar-refractivity contribution in [1.82, 2.24) is 40.4 Å². The molecule has 4 aromatic carbocycles. The summed E-state index contributed by atoms with van der Waals surface area (Å²) in [6.07, 6.45) is 0. The van der Waals surface area contributed by atoms with Crippen molar-refractivity contribution < 1.29 is 141 Å². The van der Waals surface area contributed by atoms with Crippen molar-refractivity contribution in [2.45, 2.75) is 9.79 Å². The summed E-state index contributed by atoms with van der Waals surface area (Å²) in [7, 11) is -9.04. The molecule has 2 heterocycles. The van der Waals surface area contributed by atoms with Crippen LogP contribution in [0, 0.1) is 9.54 Å². The maximum absolute atomic E-state index is 12.4. The van der Waals surface area contributed by atoms with Crippen LogP contribution in [-0.4, -0.2) is 130 Å². The smallest absolute Gasteiger partial charge is 1.00 e. The molecule has 0 aliphatic carbocycles. The first-order valence-corrected chi connectivity index (χ1v) is 17.4. The van der Waals surface area contributed by atoms with E-state index in [1.807, 2.05) is 0 Å². The number of nitrogens with zero attached hydrogens (tertiary/aromatic N) is 6. The van der Waals surface area contributed by atoms with Crippen LogP contribution in [0.15, 0.2) is 107 Å². The Labute approximate surface area is 442 Å². The molecule has 53 heavy (non-hydrogen) atoms. The maximum Gasteiger partial charge on any atom is 1.00 e. The van der Waals surface area contributed by atoms with Gasteiger partial charge in [0.25, 0.3) is 32.1 Å². The molecule has 2 amide bonds. The number of rotatable bonds is 8. The van der Waals surface area contributed by atoms with Crippen LogP contribution in [0.1, 0.15) is 23.6 Å². The molecule has 0 saturated carbocycles. The van der Waals surface area contributed by atoms with E-state index in [0.29, 0.717) is 22.7 Å². The number of carbonyl (C=O) groups is 2. The fraction of sp³-hybridized carbons (Fsp3) is 0. The minimum Gasteiger partial charge on any atom is -1.00 e. The minimum absolute atomic E-state index is 0. The summed E-state index contributed by atoms with van der Waals surface area (Å²) >= 11 is 10.0. The molecule has 261 valence electrons. The number of hydrogen-bond donors (Lipinski definition) is 6. The Bertz CT molecular complexity index is 2410. The van der Waals surface area contributed by atoms with Gasteiger partial charge in [-0.25, -0.2) is 9.36 Å². The SMILES string of the molecule is O=C(Nc1cccc(-n2[nH]nnc2=S)c1)c1ccccc1S(=O)(=O)O.O=C(Nc1cccc(-n2[nH]nnc2=S)c1)c1ccccc1S(=O)(=O)O.[H-].[H-].[K+].[K+].[K]. The molecule has 0 aliphatic heterocycles. The predicted octanol–water partition coefficient (Wildman–Crippen LogP) is -2.50. The van der Waals surface area contributed by atoms with E-state index < -0.39 is 41.8 Å². The van der Waals surface area contributed by atoms with Crippen LogP contribution in [0.2, 0.25) is 0 Å². The Morgan fingerprint density at radius 2 is 0.981 bits per heavy atom. The monoisotopic (exact) mass is 873 g/mol. The van der Waals surface area contributed by atoms with Gasteiger partial charge >= 0.3 is 103 Å². The van der Waals surface area contributed by atoms with Gasteiger partial charge in [-0.05, 0) is 85.1 Å². The summed E-state index contributed by atoms with van der Waals surface area (Å²) in [5.74, 6) is -1.37. The molecule has 0 spiro atoms. The summed E-state index contributed by atoms with van der Waals surface area (Å²) in [6.45, 7) is 0. The van der Waals surface area contributed by atoms with Crippen molar-refractivity contribution in [2.24, 2.45) is 0 Å². The Morgan fingerprint density at radius 1 is 0.623 bits per heavy atom. The predicted molar refractivity (Wildman–Crippen MR) is 189 cm³/mol. The molecule has 0 fully saturated rings. The molecule has 1 radical (unpaired) electrons. The average molecular weight is 874 g/mol. The van der Waals surface area contributed by atoms with Gasteiger partial charge < -0.3 is 13.5 Å². The summed E-state index contributed by atoms with van der Waals surface area (Å²) in [5.41, 5.74) is 1.60. The van der Waals surface area contributed by atoms with E-state index in [-0.39, 0.29) is 178 Å². The number of aromatic nitrogens is 8. The molecular weight excluding hydrogens is 850 g/mol. The number of tetrazole rings is 2. The van der Waals surface area contributed by atoms with Gasteiger partial charge in [-0.15, -0.1) is 0 Å². The Morgan fingerprint density at radius 3 is 1.30 bits per heavy atom. The zero-order chi connectivity index (χ0) is 36.1. The fourth-order valence-electron chi connectivity index (χ4n) is 4.33. The Kier molecular flexibility index (Phi) is 19.7. The molecule has 0 unspecified atom stereocenters. The normalized spacial score (nSPS) is 10.6. The van der Waals surface area contributed by atoms with Crippen LogP contribution < -0.4 is 113 Å². The molecule has 6 rings (SSSR count). The number of hydrogen-bond acceptors (Lipinski definition) is 12. The third-order valence-electron chi connectivity index (χ3n) is 6.49. The molecule has 6 aromatic rings. The Hall–Kier alpha value is -0.871. The first-order valence-electron chi connectivity index (χ1n) is 13.7. The van der Waals surface area contributed by atoms with Crippen LogP contribution in [0.5, 0.6) is 0 Å². The quantitative estimate of drug-likeness (QED) is 0.0525. The number of H-pyrrole nitrogens is 2. The zero-order valence-electron chi connectivity index (χ0n) is 29.9. The zero-order valence-corrected chi connectivity index (χ0v) is 40.5. The van der Waals surface area contributed by atoms with Gasteiger partial charge in [0.05, 0.1) is 22.5 Å². The standard InChI is InChI=1S/2C14H11N5O4S2.3K.2H/c2*20-13(11-6-1-2-7-12(11)25(21,22)23)15-9-4-3-5-10(8-9)19-14(24)16-17-18-19;;;;;/h2*1-8H,(H,15,20)(H,16,18,24)(H,21,22,23);;;;;/q;;;2*+1;2*-1. The van der Waals surface area contributed by atoms with Gasteiger partial charge in [0.1, 0.15) is 9.79 Å². The summed E-state index contributed by atoms with van der Waals surface area (Å²) in [4.78, 5) is 23.9. The van der Waals surface area contributed by atoms with E-state index in [1.165, 1.54) is 45.8 Å². The summed E-state index contributed by atoms with van der Waals surface area (Å²) < 4.78 is 67.4. The van der Waals surface area contributed by atoms with Crippen molar-refractivity contribution in [2.75, 3.05) is 10.6 Å². The molecule has 0 atom stereocenters. The van der Waals surface area contributed by atoms with E-state index in [9.17, 15) is 35.5 Å². The van der Waals surface area contributed by atoms with Gasteiger partial charge in [-0.2, -0.15) is 27.3 Å². The van der Waals surface area contributed by atoms with Gasteiger partial charge in [-0.3, -0.25) is 18.7 Å². The third-order valence-corrected chi connectivity index (χ3v) is 8.84. The maximum atomic E-state index is 12.4. The largest absolute Gasteiger partial charge is 1.00 e. The second-order valence-corrected chi connectivity index (χ2v) is 13.3. The number of carbonyl (C=O) groups excluding carboxylic acids is 2. The molecule has 0 aliphatic rings. The second-order valence-electron chi connectivity index (χ2n) is 9.79. The van der Waals surface area contributed by atoms with Crippen molar-refractivity contribution >= 4 is 119 Å². The van der Waals surface area contributed by atoms with Gasteiger partial charge in [0.2, 0.25) is 9.54 Å². The van der Waals surface area contributed by atoms with E-state index >= 15 is 0 Å². The first kappa shape index (κ1) is 48.3. The van der Waals surface area contributed by atoms with Gasteiger partial charge in [-0.1, -0.05) is 57.0 Å². The fourth-order valence-corrected chi connectivity index (χ4v) is 6.08. The molecule has 2 aromatic heterocycles. The molecule has 0 saturated heterocycles. The molecule has 25 heteroatoms. The number of amides is 2. The van der Waals surface area contributed by atoms with E-state index in [1.54, 1.807) is 48.5 Å². The van der Waals surface area contributed by atoms with Crippen LogP contribution in [0.25, 0.3) is 11.4 Å². The van der Waals surface area contributed by atoms with E-state index in [0.717, 1.165) is 12.1 Å². The summed E-state index contributed by atoms with van der Waals surface area (Å²) in [5, 5.41) is 24.8. The topological polar surface area (TPSA) is 260 Å². The van der Waals surface area contributed by atoms with Crippen molar-refractivity contribution in [3.63, 3.8) is 0 Å². The molecule has 6 N–H and O–H groups in total. The number of anilines is 2. The van der Waals surface area contributed by atoms with E-state index in [4.69, 9.17) is 24.4 Å². The summed E-state index contributed by atoms with van der Waals surface area (Å²) in [6, 6.07) is 23.9. The van der Waals surface area contributed by atoms with Crippen LogP contribution in [0.3, 0.4) is 0 Å². The van der Waals surface area contributed by atoms with Gasteiger partial charge in [0, 0.05) is 62.8 Å². The van der Waals surface area contributed by atoms with Crippen molar-refractivity contribution in [3.05, 3.63) is 118 Å². The third kappa shape index (κ3) is 13.1. The van der Waals surface area contributed by atoms with Gasteiger partial charge in [0.15, 0.2) is 0 Å². The Balaban J connectivity index is 0.000000972. The molecule has 0 bridgehead atoms. The van der Waals surface area contributed by atoms with Crippen molar-refractivity contribution in [3.8, 4) is 11.4 Å². The number of aromatic amines is 2. The first-order chi connectivity index (χ1) is 23.7. The van der Waals surface area contributed by atoms with Crippen LogP contribution in [-0.2, 0) is 20.2 Å². The average Bonchev–Trinajstić information content (AvgIpc) is 3.72. The minimum atomic E-state index is -4.52. The van der Waals surface area contributed by atoms with Crippen LogP contribution >= 0.6 is 24.4 Å². The van der Waals surface area contributed by atoms with E-state index in [2.05, 4.69) is 41.7 Å².